The second-order valence-corrected chi connectivity index (χ2v) is 7.10. The standard InChI is InChI=1S/C24H21N3O4/c1-17-2-11-24-25-22(16-26(24)15-17)19-6-3-18(4-7-19)5-8-20-9-10-21(27(29)30)14-23(20)31-13-12-28/h2-11,14-16,28H,12-13H2,1H3/b8-5+. The Morgan fingerprint density at radius 1 is 1.10 bits per heavy atom. The lowest BCUT2D eigenvalue weighted by atomic mass is 10.1. The maximum Gasteiger partial charge on any atom is 0.273 e. The summed E-state index contributed by atoms with van der Waals surface area (Å²) < 4.78 is 7.48. The maximum atomic E-state index is 11.0. The Morgan fingerprint density at radius 3 is 2.65 bits per heavy atom. The maximum absolute atomic E-state index is 11.0. The van der Waals surface area contributed by atoms with Gasteiger partial charge in [-0.15, -0.1) is 0 Å². The Morgan fingerprint density at radius 2 is 1.90 bits per heavy atom. The molecule has 2 aromatic carbocycles. The molecule has 4 aromatic rings. The number of pyridine rings is 1. The van der Waals surface area contributed by atoms with E-state index in [1.807, 2.05) is 72.3 Å². The molecule has 4 rings (SSSR count). The average molecular weight is 415 g/mol. The lowest BCUT2D eigenvalue weighted by molar-refractivity contribution is -0.384. The second-order valence-electron chi connectivity index (χ2n) is 7.10. The number of benzene rings is 2. The van der Waals surface area contributed by atoms with Crippen LogP contribution in [0, 0.1) is 17.0 Å². The minimum Gasteiger partial charge on any atom is -0.490 e. The Bertz CT molecular complexity index is 1260. The van der Waals surface area contributed by atoms with Crippen molar-refractivity contribution in [2.75, 3.05) is 13.2 Å². The minimum absolute atomic E-state index is 0.0582. The van der Waals surface area contributed by atoms with E-state index in [-0.39, 0.29) is 18.9 Å². The van der Waals surface area contributed by atoms with E-state index in [1.54, 1.807) is 6.07 Å². The summed E-state index contributed by atoms with van der Waals surface area (Å²) in [6.45, 7) is 1.94. The van der Waals surface area contributed by atoms with Crippen LogP contribution in [0.3, 0.4) is 0 Å². The normalized spacial score (nSPS) is 11.3. The van der Waals surface area contributed by atoms with Gasteiger partial charge in [-0.25, -0.2) is 4.98 Å². The van der Waals surface area contributed by atoms with Gasteiger partial charge in [0.05, 0.1) is 23.3 Å². The molecule has 0 bridgehead atoms. The number of ether oxygens (including phenoxy) is 1. The van der Waals surface area contributed by atoms with Gasteiger partial charge in [-0.3, -0.25) is 10.1 Å². The molecule has 2 aromatic heterocycles. The van der Waals surface area contributed by atoms with E-state index >= 15 is 0 Å². The third-order valence-corrected chi connectivity index (χ3v) is 4.82. The number of nitrogens with zero attached hydrogens (tertiary/aromatic N) is 3. The number of aromatic nitrogens is 2. The van der Waals surface area contributed by atoms with Crippen LogP contribution in [-0.2, 0) is 0 Å². The van der Waals surface area contributed by atoms with Gasteiger partial charge in [0.15, 0.2) is 0 Å². The number of non-ortho nitro benzene ring substituents is 1. The number of aliphatic hydroxyl groups excluding tert-OH is 1. The first kappa shape index (κ1) is 20.3. The first-order chi connectivity index (χ1) is 15.0. The molecule has 0 aliphatic rings. The van der Waals surface area contributed by atoms with E-state index in [2.05, 4.69) is 4.98 Å². The highest BCUT2D eigenvalue weighted by molar-refractivity contribution is 5.74. The van der Waals surface area contributed by atoms with Gasteiger partial charge in [-0.2, -0.15) is 0 Å². The van der Waals surface area contributed by atoms with Crippen LogP contribution in [0.25, 0.3) is 29.1 Å². The molecule has 0 aliphatic carbocycles. The van der Waals surface area contributed by atoms with Crippen molar-refractivity contribution >= 4 is 23.5 Å². The zero-order valence-electron chi connectivity index (χ0n) is 16.9. The molecule has 1 N–H and O–H groups in total. The van der Waals surface area contributed by atoms with Crippen molar-refractivity contribution in [2.45, 2.75) is 6.92 Å². The van der Waals surface area contributed by atoms with Gasteiger partial charge in [0.2, 0.25) is 0 Å². The number of aryl methyl sites for hydroxylation is 1. The number of nitro benzene ring substituents is 1. The van der Waals surface area contributed by atoms with Crippen LogP contribution in [0.1, 0.15) is 16.7 Å². The first-order valence-corrected chi connectivity index (χ1v) is 9.79. The van der Waals surface area contributed by atoms with Crippen LogP contribution in [-0.4, -0.2) is 32.6 Å². The van der Waals surface area contributed by atoms with Gasteiger partial charge < -0.3 is 14.2 Å². The zero-order valence-corrected chi connectivity index (χ0v) is 16.9. The number of hydrogen-bond donors (Lipinski definition) is 1. The molecule has 0 aliphatic heterocycles. The third kappa shape index (κ3) is 4.62. The fourth-order valence-corrected chi connectivity index (χ4v) is 3.25. The molecular weight excluding hydrogens is 394 g/mol. The van der Waals surface area contributed by atoms with Crippen LogP contribution in [0.4, 0.5) is 5.69 Å². The van der Waals surface area contributed by atoms with Gasteiger partial charge in [0.25, 0.3) is 5.69 Å². The molecule has 0 spiro atoms. The summed E-state index contributed by atoms with van der Waals surface area (Å²) in [5, 5.41) is 20.0. The molecule has 0 amide bonds. The molecule has 156 valence electrons. The van der Waals surface area contributed by atoms with Crippen LogP contribution >= 0.6 is 0 Å². The van der Waals surface area contributed by atoms with Gasteiger partial charge in [-0.1, -0.05) is 42.5 Å². The van der Waals surface area contributed by atoms with Gasteiger partial charge >= 0.3 is 0 Å². The average Bonchev–Trinajstić information content (AvgIpc) is 3.20. The smallest absolute Gasteiger partial charge is 0.273 e. The van der Waals surface area contributed by atoms with Crippen molar-refractivity contribution < 1.29 is 14.8 Å². The molecule has 7 nitrogen and oxygen atoms in total. The fraction of sp³-hybridized carbons (Fsp3) is 0.125. The lowest BCUT2D eigenvalue weighted by Crippen LogP contribution is -2.03. The summed E-state index contributed by atoms with van der Waals surface area (Å²) in [5.41, 5.74) is 5.59. The molecule has 2 heterocycles. The van der Waals surface area contributed by atoms with Gasteiger partial charge in [0.1, 0.15) is 18.0 Å². The predicted molar refractivity (Wildman–Crippen MR) is 120 cm³/mol. The van der Waals surface area contributed by atoms with E-state index in [9.17, 15) is 10.1 Å². The number of hydrogen-bond acceptors (Lipinski definition) is 5. The third-order valence-electron chi connectivity index (χ3n) is 4.82. The van der Waals surface area contributed by atoms with Crippen molar-refractivity contribution in [2.24, 2.45) is 0 Å². The highest BCUT2D eigenvalue weighted by Gasteiger charge is 2.10. The van der Waals surface area contributed by atoms with Crippen LogP contribution < -0.4 is 4.74 Å². The highest BCUT2D eigenvalue weighted by Crippen LogP contribution is 2.27. The first-order valence-electron chi connectivity index (χ1n) is 9.79. The monoisotopic (exact) mass is 415 g/mol. The van der Waals surface area contributed by atoms with Crippen LogP contribution in [0.2, 0.25) is 0 Å². The Balaban J connectivity index is 1.56. The molecule has 0 saturated carbocycles. The lowest BCUT2D eigenvalue weighted by Gasteiger charge is -2.08. The summed E-state index contributed by atoms with van der Waals surface area (Å²) in [4.78, 5) is 15.2. The van der Waals surface area contributed by atoms with E-state index in [0.717, 1.165) is 22.5 Å². The van der Waals surface area contributed by atoms with E-state index in [0.29, 0.717) is 11.3 Å². The molecule has 31 heavy (non-hydrogen) atoms. The molecule has 0 unspecified atom stereocenters. The van der Waals surface area contributed by atoms with Crippen molar-refractivity contribution in [3.63, 3.8) is 0 Å². The quantitative estimate of drug-likeness (QED) is 0.267. The summed E-state index contributed by atoms with van der Waals surface area (Å²) in [5.74, 6) is 0.358. The second kappa shape index (κ2) is 8.81. The topological polar surface area (TPSA) is 89.9 Å². The molecule has 7 heteroatoms. The van der Waals surface area contributed by atoms with Gasteiger partial charge in [0, 0.05) is 29.6 Å². The largest absolute Gasteiger partial charge is 0.490 e. The van der Waals surface area contributed by atoms with E-state index in [4.69, 9.17) is 9.84 Å². The number of fused-ring (bicyclic) bond motifs is 1. The minimum atomic E-state index is -0.474. The van der Waals surface area contributed by atoms with Crippen molar-refractivity contribution in [1.82, 2.24) is 9.38 Å². The number of imidazole rings is 1. The van der Waals surface area contributed by atoms with Crippen molar-refractivity contribution in [1.29, 1.82) is 0 Å². The highest BCUT2D eigenvalue weighted by atomic mass is 16.6. The Kier molecular flexibility index (Phi) is 5.77. The molecule has 0 atom stereocenters. The summed E-state index contributed by atoms with van der Waals surface area (Å²) in [7, 11) is 0. The van der Waals surface area contributed by atoms with E-state index in [1.165, 1.54) is 17.7 Å². The SMILES string of the molecule is Cc1ccc2nc(-c3ccc(/C=C/c4ccc([N+](=O)[O-])cc4OCCO)cc3)cn2c1. The predicted octanol–water partition coefficient (Wildman–Crippen LogP) is 4.76. The summed E-state index contributed by atoms with van der Waals surface area (Å²) in [6.07, 6.45) is 7.79. The van der Waals surface area contributed by atoms with E-state index < -0.39 is 4.92 Å². The van der Waals surface area contributed by atoms with Crippen molar-refractivity contribution in [3.8, 4) is 17.0 Å². The molecular formula is C24H21N3O4. The molecule has 0 fully saturated rings. The van der Waals surface area contributed by atoms with Gasteiger partial charge in [-0.05, 0) is 30.2 Å². The fourth-order valence-electron chi connectivity index (χ4n) is 3.25. The number of rotatable bonds is 7. The summed E-state index contributed by atoms with van der Waals surface area (Å²) in [6, 6.07) is 16.5. The number of nitro groups is 1. The number of aliphatic hydroxyl groups is 1. The molecule has 0 radical (unpaired) electrons. The Hall–Kier alpha value is -3.97. The van der Waals surface area contributed by atoms with Crippen molar-refractivity contribution in [3.05, 3.63) is 93.8 Å². The van der Waals surface area contributed by atoms with Crippen LogP contribution in [0.15, 0.2) is 67.0 Å². The Labute approximate surface area is 179 Å². The van der Waals surface area contributed by atoms with Crippen LogP contribution in [0.5, 0.6) is 5.75 Å². The zero-order chi connectivity index (χ0) is 21.8. The molecule has 0 saturated heterocycles. The summed E-state index contributed by atoms with van der Waals surface area (Å²) >= 11 is 0.